The molecule has 3 nitrogen and oxygen atoms in total. The molecule has 86 valence electrons. The van der Waals surface area contributed by atoms with Gasteiger partial charge < -0.3 is 14.8 Å². The van der Waals surface area contributed by atoms with Crippen LogP contribution in [-0.4, -0.2) is 37.0 Å². The predicted octanol–water partition coefficient (Wildman–Crippen LogP) is 1.46. The lowest BCUT2D eigenvalue weighted by molar-refractivity contribution is -0.117. The Kier molecular flexibility index (Phi) is 2.49. The molecule has 2 bridgehead atoms. The zero-order valence-electron chi connectivity index (χ0n) is 9.50. The van der Waals surface area contributed by atoms with Crippen molar-refractivity contribution < 1.29 is 9.47 Å². The van der Waals surface area contributed by atoms with Crippen molar-refractivity contribution >= 4 is 0 Å². The van der Waals surface area contributed by atoms with Crippen LogP contribution in [0.1, 0.15) is 39.0 Å². The molecule has 3 aliphatic heterocycles. The number of hydrogen-bond acceptors (Lipinski definition) is 3. The highest BCUT2D eigenvalue weighted by molar-refractivity contribution is 4.93. The third kappa shape index (κ3) is 1.93. The molecule has 0 saturated carbocycles. The molecule has 0 aromatic rings. The second kappa shape index (κ2) is 3.72. The average Bonchev–Trinajstić information content (AvgIpc) is 2.79. The number of ether oxygens (including phenoxy) is 2. The summed E-state index contributed by atoms with van der Waals surface area (Å²) in [7, 11) is 0. The van der Waals surface area contributed by atoms with Crippen LogP contribution in [-0.2, 0) is 9.47 Å². The van der Waals surface area contributed by atoms with Gasteiger partial charge in [-0.1, -0.05) is 0 Å². The Labute approximate surface area is 91.5 Å². The van der Waals surface area contributed by atoms with E-state index in [1.54, 1.807) is 0 Å². The third-order valence-corrected chi connectivity index (χ3v) is 4.15. The third-order valence-electron chi connectivity index (χ3n) is 4.15. The SMILES string of the molecule is CC1(OC2CC3CCC2O3)CCNCC1. The van der Waals surface area contributed by atoms with E-state index in [1.165, 1.54) is 12.8 Å². The molecule has 0 spiro atoms. The highest BCUT2D eigenvalue weighted by Crippen LogP contribution is 2.39. The maximum absolute atomic E-state index is 6.31. The van der Waals surface area contributed by atoms with Gasteiger partial charge in [0.15, 0.2) is 0 Å². The monoisotopic (exact) mass is 211 g/mol. The number of nitrogens with one attached hydrogen (secondary N) is 1. The van der Waals surface area contributed by atoms with Crippen molar-refractivity contribution in [2.75, 3.05) is 13.1 Å². The van der Waals surface area contributed by atoms with E-state index in [4.69, 9.17) is 9.47 Å². The van der Waals surface area contributed by atoms with Crippen LogP contribution in [0.15, 0.2) is 0 Å². The summed E-state index contributed by atoms with van der Waals surface area (Å²) in [5, 5.41) is 3.39. The van der Waals surface area contributed by atoms with E-state index in [1.807, 2.05) is 0 Å². The maximum Gasteiger partial charge on any atom is 0.0868 e. The van der Waals surface area contributed by atoms with Gasteiger partial charge in [0.1, 0.15) is 0 Å². The van der Waals surface area contributed by atoms with E-state index in [-0.39, 0.29) is 5.60 Å². The number of piperidine rings is 1. The summed E-state index contributed by atoms with van der Waals surface area (Å²) in [4.78, 5) is 0. The van der Waals surface area contributed by atoms with Gasteiger partial charge in [-0.2, -0.15) is 0 Å². The summed E-state index contributed by atoms with van der Waals surface area (Å²) in [6.07, 6.45) is 7.17. The topological polar surface area (TPSA) is 30.5 Å². The summed E-state index contributed by atoms with van der Waals surface area (Å²) < 4.78 is 12.1. The smallest absolute Gasteiger partial charge is 0.0868 e. The first-order valence-corrected chi connectivity index (χ1v) is 6.29. The fraction of sp³-hybridized carbons (Fsp3) is 1.00. The molecule has 0 aromatic heterocycles. The Balaban J connectivity index is 1.60. The van der Waals surface area contributed by atoms with Crippen LogP contribution < -0.4 is 5.32 Å². The van der Waals surface area contributed by atoms with Gasteiger partial charge in [-0.3, -0.25) is 0 Å². The van der Waals surface area contributed by atoms with E-state index in [0.29, 0.717) is 18.3 Å². The van der Waals surface area contributed by atoms with Crippen molar-refractivity contribution in [2.24, 2.45) is 0 Å². The molecule has 3 unspecified atom stereocenters. The first kappa shape index (κ1) is 10.1. The Morgan fingerprint density at radius 3 is 2.67 bits per heavy atom. The molecule has 0 amide bonds. The molecule has 0 radical (unpaired) electrons. The molecule has 0 aliphatic carbocycles. The summed E-state index contributed by atoms with van der Waals surface area (Å²) in [5.41, 5.74) is 0.101. The van der Waals surface area contributed by atoms with E-state index in [0.717, 1.165) is 32.4 Å². The van der Waals surface area contributed by atoms with Gasteiger partial charge in [-0.25, -0.2) is 0 Å². The van der Waals surface area contributed by atoms with Crippen LogP contribution in [0.5, 0.6) is 0 Å². The summed E-state index contributed by atoms with van der Waals surface area (Å²) in [6.45, 7) is 4.45. The van der Waals surface area contributed by atoms with Crippen LogP contribution in [0, 0.1) is 0 Å². The molecule has 1 N–H and O–H groups in total. The van der Waals surface area contributed by atoms with Gasteiger partial charge in [0.2, 0.25) is 0 Å². The van der Waals surface area contributed by atoms with Crippen LogP contribution >= 0.6 is 0 Å². The minimum Gasteiger partial charge on any atom is -0.372 e. The lowest BCUT2D eigenvalue weighted by Gasteiger charge is -2.38. The second-order valence-corrected chi connectivity index (χ2v) is 5.47. The summed E-state index contributed by atoms with van der Waals surface area (Å²) >= 11 is 0. The molecule has 3 heterocycles. The Hall–Kier alpha value is -0.120. The fourth-order valence-corrected chi connectivity index (χ4v) is 3.15. The van der Waals surface area contributed by atoms with Gasteiger partial charge in [0.05, 0.1) is 23.9 Å². The fourth-order valence-electron chi connectivity index (χ4n) is 3.15. The van der Waals surface area contributed by atoms with Crippen molar-refractivity contribution in [3.63, 3.8) is 0 Å². The zero-order valence-corrected chi connectivity index (χ0v) is 9.50. The van der Waals surface area contributed by atoms with E-state index in [9.17, 15) is 0 Å². The quantitative estimate of drug-likeness (QED) is 0.750. The molecular weight excluding hydrogens is 190 g/mol. The largest absolute Gasteiger partial charge is 0.372 e. The Bertz CT molecular complexity index is 238. The van der Waals surface area contributed by atoms with Crippen molar-refractivity contribution in [3.8, 4) is 0 Å². The molecule has 15 heavy (non-hydrogen) atoms. The van der Waals surface area contributed by atoms with Gasteiger partial charge in [-0.15, -0.1) is 0 Å². The van der Waals surface area contributed by atoms with E-state index >= 15 is 0 Å². The van der Waals surface area contributed by atoms with Gasteiger partial charge >= 0.3 is 0 Å². The van der Waals surface area contributed by atoms with Crippen molar-refractivity contribution in [3.05, 3.63) is 0 Å². The standard InChI is InChI=1S/C12H21NO2/c1-12(4-6-13-7-5-12)15-11-8-9-2-3-10(11)14-9/h9-11,13H,2-8H2,1H3. The summed E-state index contributed by atoms with van der Waals surface area (Å²) in [6, 6.07) is 0. The van der Waals surface area contributed by atoms with E-state index < -0.39 is 0 Å². The lowest BCUT2D eigenvalue weighted by Crippen LogP contribution is -2.45. The highest BCUT2D eigenvalue weighted by atomic mass is 16.6. The zero-order chi connectivity index (χ0) is 10.3. The Morgan fingerprint density at radius 1 is 1.27 bits per heavy atom. The molecule has 3 fully saturated rings. The molecular formula is C12H21NO2. The van der Waals surface area contributed by atoms with E-state index in [2.05, 4.69) is 12.2 Å². The van der Waals surface area contributed by atoms with Crippen molar-refractivity contribution in [1.29, 1.82) is 0 Å². The van der Waals surface area contributed by atoms with Gasteiger partial charge in [-0.05, 0) is 45.7 Å². The minimum absolute atomic E-state index is 0.101. The predicted molar refractivity (Wildman–Crippen MR) is 57.9 cm³/mol. The van der Waals surface area contributed by atoms with Crippen LogP contribution in [0.4, 0.5) is 0 Å². The van der Waals surface area contributed by atoms with Gasteiger partial charge in [0, 0.05) is 6.42 Å². The molecule has 3 aliphatic rings. The minimum atomic E-state index is 0.101. The van der Waals surface area contributed by atoms with Crippen LogP contribution in [0.3, 0.4) is 0 Å². The number of hydrogen-bond donors (Lipinski definition) is 1. The lowest BCUT2D eigenvalue weighted by atomic mass is 9.92. The Morgan fingerprint density at radius 2 is 2.07 bits per heavy atom. The summed E-state index contributed by atoms with van der Waals surface area (Å²) in [5.74, 6) is 0. The van der Waals surface area contributed by atoms with Crippen molar-refractivity contribution in [1.82, 2.24) is 5.32 Å². The van der Waals surface area contributed by atoms with Gasteiger partial charge in [0.25, 0.3) is 0 Å². The molecule has 3 saturated heterocycles. The molecule has 3 atom stereocenters. The first-order valence-electron chi connectivity index (χ1n) is 6.29. The first-order chi connectivity index (χ1) is 7.25. The average molecular weight is 211 g/mol. The van der Waals surface area contributed by atoms with Crippen LogP contribution in [0.2, 0.25) is 0 Å². The van der Waals surface area contributed by atoms with Crippen LogP contribution in [0.25, 0.3) is 0 Å². The molecule has 3 heteroatoms. The normalized spacial score (nSPS) is 43.4. The number of fused-ring (bicyclic) bond motifs is 2. The second-order valence-electron chi connectivity index (χ2n) is 5.47. The molecule has 3 rings (SSSR count). The highest BCUT2D eigenvalue weighted by Gasteiger charge is 2.44. The van der Waals surface area contributed by atoms with Crippen molar-refractivity contribution in [2.45, 2.75) is 62.9 Å². The maximum atomic E-state index is 6.31. The number of rotatable bonds is 2. The molecule has 0 aromatic carbocycles.